The Morgan fingerprint density at radius 2 is 2.09 bits per heavy atom. The largest absolute Gasteiger partial charge is 0.377 e. The highest BCUT2D eigenvalue weighted by Crippen LogP contribution is 2.27. The van der Waals surface area contributed by atoms with Crippen LogP contribution in [-0.4, -0.2) is 45.7 Å². The van der Waals surface area contributed by atoms with Gasteiger partial charge in [0, 0.05) is 30.8 Å². The first kappa shape index (κ1) is 21.2. The highest BCUT2D eigenvalue weighted by atomic mass is 32.2. The zero-order valence-electron chi connectivity index (χ0n) is 17.4. The summed E-state index contributed by atoms with van der Waals surface area (Å²) in [5.74, 6) is 0. The average Bonchev–Trinajstić information content (AvgIpc) is 3.45. The molecule has 166 valence electrons. The third kappa shape index (κ3) is 3.95. The fraction of sp³-hybridized carbons (Fsp3) is 0.318. The molecule has 0 radical (unpaired) electrons. The van der Waals surface area contributed by atoms with Crippen molar-refractivity contribution in [2.75, 3.05) is 13.2 Å². The number of aromatic amines is 1. The Morgan fingerprint density at radius 3 is 2.91 bits per heavy atom. The van der Waals surface area contributed by atoms with E-state index in [0.29, 0.717) is 23.2 Å². The van der Waals surface area contributed by atoms with Crippen molar-refractivity contribution in [2.24, 2.45) is 0 Å². The van der Waals surface area contributed by atoms with Crippen LogP contribution in [0.3, 0.4) is 0 Å². The smallest absolute Gasteiger partial charge is 0.252 e. The molecule has 8 nitrogen and oxygen atoms in total. The predicted octanol–water partition coefficient (Wildman–Crippen LogP) is 3.21. The summed E-state index contributed by atoms with van der Waals surface area (Å²) in [6.45, 7) is 2.67. The molecule has 10 heteroatoms. The van der Waals surface area contributed by atoms with E-state index in [1.807, 2.05) is 25.1 Å². The maximum atomic E-state index is 13.8. The van der Waals surface area contributed by atoms with Crippen LogP contribution in [0.4, 0.5) is 0 Å². The van der Waals surface area contributed by atoms with Gasteiger partial charge in [-0.05, 0) is 55.0 Å². The maximum Gasteiger partial charge on any atom is 0.252 e. The van der Waals surface area contributed by atoms with Gasteiger partial charge < -0.3 is 9.72 Å². The quantitative estimate of drug-likeness (QED) is 0.464. The normalized spacial score (nSPS) is 17.0. The van der Waals surface area contributed by atoms with Crippen molar-refractivity contribution in [1.29, 1.82) is 0 Å². The van der Waals surface area contributed by atoms with Gasteiger partial charge in [-0.1, -0.05) is 18.2 Å². The Hall–Kier alpha value is -2.66. The van der Waals surface area contributed by atoms with Crippen molar-refractivity contribution in [3.05, 3.63) is 63.9 Å². The van der Waals surface area contributed by atoms with Crippen LogP contribution >= 0.6 is 11.7 Å². The third-order valence-electron chi connectivity index (χ3n) is 5.72. The van der Waals surface area contributed by atoms with Gasteiger partial charge in [0.2, 0.25) is 10.0 Å². The van der Waals surface area contributed by atoms with Crippen LogP contribution in [0.25, 0.3) is 21.9 Å². The number of aromatic nitrogens is 3. The summed E-state index contributed by atoms with van der Waals surface area (Å²) in [4.78, 5) is 15.8. The first-order valence-electron chi connectivity index (χ1n) is 10.4. The van der Waals surface area contributed by atoms with E-state index in [4.69, 9.17) is 4.74 Å². The highest BCUT2D eigenvalue weighted by Gasteiger charge is 2.32. The number of nitrogens with zero attached hydrogens (tertiary/aromatic N) is 3. The molecule has 0 spiro atoms. The number of ether oxygens (including phenoxy) is 1. The SMILES string of the molecule is Cc1ccc2cc(CN(C[C@H]3CCCO3)S(=O)(=O)c3cccc4nsnc34)c(=O)[nH]c2c1. The minimum Gasteiger partial charge on any atom is -0.377 e. The lowest BCUT2D eigenvalue weighted by atomic mass is 10.1. The van der Waals surface area contributed by atoms with Gasteiger partial charge >= 0.3 is 0 Å². The molecule has 1 aliphatic heterocycles. The molecule has 5 rings (SSSR count). The van der Waals surface area contributed by atoms with Crippen molar-refractivity contribution in [3.8, 4) is 0 Å². The molecule has 1 fully saturated rings. The van der Waals surface area contributed by atoms with E-state index in [0.717, 1.165) is 41.0 Å². The molecule has 0 unspecified atom stereocenters. The molecule has 1 aliphatic rings. The molecule has 3 heterocycles. The van der Waals surface area contributed by atoms with Crippen molar-refractivity contribution in [1.82, 2.24) is 18.0 Å². The van der Waals surface area contributed by atoms with E-state index in [2.05, 4.69) is 13.7 Å². The van der Waals surface area contributed by atoms with Crippen LogP contribution in [-0.2, 0) is 21.3 Å². The van der Waals surface area contributed by atoms with Gasteiger partial charge in [0.05, 0.1) is 17.8 Å². The van der Waals surface area contributed by atoms with Gasteiger partial charge in [0.15, 0.2) is 0 Å². The number of nitrogens with one attached hydrogen (secondary N) is 1. The number of benzene rings is 2. The lowest BCUT2D eigenvalue weighted by Crippen LogP contribution is -2.38. The van der Waals surface area contributed by atoms with Crippen molar-refractivity contribution >= 4 is 43.7 Å². The van der Waals surface area contributed by atoms with Crippen LogP contribution in [0.2, 0.25) is 0 Å². The van der Waals surface area contributed by atoms with Gasteiger partial charge in [-0.15, -0.1) is 0 Å². The standard InChI is InChI=1S/C22H22N4O4S2/c1-14-7-8-15-11-16(22(27)23-19(15)10-14)12-26(13-17-4-3-9-30-17)32(28,29)20-6-2-5-18-21(20)25-31-24-18/h2,5-8,10-11,17H,3-4,9,12-13H2,1H3,(H,23,27)/t17-/m1/s1. The van der Waals surface area contributed by atoms with Crippen LogP contribution in [0.1, 0.15) is 24.0 Å². The summed E-state index contributed by atoms with van der Waals surface area (Å²) in [5, 5.41) is 0.852. The Bertz CT molecular complexity index is 1460. The summed E-state index contributed by atoms with van der Waals surface area (Å²) in [5.41, 5.74) is 2.72. The third-order valence-corrected chi connectivity index (χ3v) is 8.11. The number of hydrogen-bond acceptors (Lipinski definition) is 7. The molecule has 0 saturated carbocycles. The van der Waals surface area contributed by atoms with Crippen molar-refractivity contribution in [3.63, 3.8) is 0 Å². The number of H-pyrrole nitrogens is 1. The first-order valence-corrected chi connectivity index (χ1v) is 12.5. The number of rotatable bonds is 6. The van der Waals surface area contributed by atoms with Crippen LogP contribution < -0.4 is 5.56 Å². The summed E-state index contributed by atoms with van der Waals surface area (Å²) in [6, 6.07) is 12.5. The Labute approximate surface area is 189 Å². The molecule has 1 atom stereocenters. The van der Waals surface area contributed by atoms with Crippen LogP contribution in [0, 0.1) is 6.92 Å². The Morgan fingerprint density at radius 1 is 1.22 bits per heavy atom. The topological polar surface area (TPSA) is 105 Å². The van der Waals surface area contributed by atoms with Gasteiger partial charge in [-0.3, -0.25) is 4.79 Å². The van der Waals surface area contributed by atoms with E-state index >= 15 is 0 Å². The Kier molecular flexibility index (Phi) is 5.54. The maximum absolute atomic E-state index is 13.8. The second-order valence-corrected chi connectivity index (χ2v) is 10.5. The predicted molar refractivity (Wildman–Crippen MR) is 123 cm³/mol. The molecule has 32 heavy (non-hydrogen) atoms. The highest BCUT2D eigenvalue weighted by molar-refractivity contribution is 7.89. The second kappa shape index (κ2) is 8.36. The van der Waals surface area contributed by atoms with E-state index in [-0.39, 0.29) is 29.6 Å². The van der Waals surface area contributed by atoms with Gasteiger partial charge in [-0.25, -0.2) is 8.42 Å². The fourth-order valence-corrected chi connectivity index (χ4v) is 6.26. The van der Waals surface area contributed by atoms with E-state index in [1.54, 1.807) is 18.2 Å². The number of hydrogen-bond donors (Lipinski definition) is 1. The summed E-state index contributed by atoms with van der Waals surface area (Å²) < 4.78 is 42.9. The number of fused-ring (bicyclic) bond motifs is 2. The van der Waals surface area contributed by atoms with Gasteiger partial charge in [0.1, 0.15) is 15.9 Å². The molecule has 2 aromatic heterocycles. The molecule has 0 aliphatic carbocycles. The number of aryl methyl sites for hydroxylation is 1. The first-order chi connectivity index (χ1) is 15.4. The summed E-state index contributed by atoms with van der Waals surface area (Å²) >= 11 is 0.974. The zero-order valence-corrected chi connectivity index (χ0v) is 19.1. The number of sulfonamides is 1. The molecule has 4 aromatic rings. The average molecular weight is 471 g/mol. The molecule has 0 bridgehead atoms. The molecular formula is C22H22N4O4S2. The fourth-order valence-electron chi connectivity index (χ4n) is 4.06. The minimum absolute atomic E-state index is 0.0602. The lowest BCUT2D eigenvalue weighted by molar-refractivity contribution is 0.0925. The lowest BCUT2D eigenvalue weighted by Gasteiger charge is -2.25. The van der Waals surface area contributed by atoms with E-state index in [1.165, 1.54) is 10.4 Å². The Balaban J connectivity index is 1.57. The van der Waals surface area contributed by atoms with E-state index < -0.39 is 10.0 Å². The molecule has 1 N–H and O–H groups in total. The molecule has 2 aromatic carbocycles. The molecule has 0 amide bonds. The second-order valence-electron chi connectivity index (χ2n) is 8.04. The minimum atomic E-state index is -3.96. The van der Waals surface area contributed by atoms with Crippen molar-refractivity contribution in [2.45, 2.75) is 37.3 Å². The van der Waals surface area contributed by atoms with Crippen molar-refractivity contribution < 1.29 is 13.2 Å². The monoisotopic (exact) mass is 470 g/mol. The molecular weight excluding hydrogens is 448 g/mol. The summed E-state index contributed by atoms with van der Waals surface area (Å²) in [6.07, 6.45) is 1.46. The van der Waals surface area contributed by atoms with Crippen LogP contribution in [0.5, 0.6) is 0 Å². The zero-order chi connectivity index (χ0) is 22.3. The van der Waals surface area contributed by atoms with Crippen LogP contribution in [0.15, 0.2) is 52.2 Å². The summed E-state index contributed by atoms with van der Waals surface area (Å²) in [7, 11) is -3.96. The van der Waals surface area contributed by atoms with Gasteiger partial charge in [0.25, 0.3) is 5.56 Å². The van der Waals surface area contributed by atoms with Gasteiger partial charge in [-0.2, -0.15) is 13.1 Å². The van der Waals surface area contributed by atoms with E-state index in [9.17, 15) is 13.2 Å². The molecule has 1 saturated heterocycles. The number of pyridine rings is 1.